The number of benzene rings is 1. The average molecular weight is 585 g/mol. The number of carbonyl (C=O) groups is 6. The molecular formula is C24H36N6O11. The van der Waals surface area contributed by atoms with Crippen molar-refractivity contribution in [2.24, 2.45) is 5.73 Å². The second-order valence-electron chi connectivity index (χ2n) is 8.88. The number of nitrogens with two attached hydrogens (primary N) is 1. The minimum Gasteiger partial charge on any atom is -0.480 e. The Kier molecular flexibility index (Phi) is 16.2. The predicted octanol–water partition coefficient (Wildman–Crippen LogP) is -2.95. The lowest BCUT2D eigenvalue weighted by Gasteiger charge is -2.28. The normalized spacial score (nSPS) is 11.0. The minimum absolute atomic E-state index is 0.0288. The van der Waals surface area contributed by atoms with Crippen molar-refractivity contribution in [3.8, 4) is 0 Å². The number of carbonyl (C=O) groups excluding carboxylic acids is 2. The fourth-order valence-electron chi connectivity index (χ4n) is 3.48. The van der Waals surface area contributed by atoms with Gasteiger partial charge in [0.2, 0.25) is 5.91 Å². The topological polar surface area (TPSA) is 252 Å². The molecule has 0 radical (unpaired) electrons. The second kappa shape index (κ2) is 19.0. The third-order valence-corrected chi connectivity index (χ3v) is 5.39. The molecule has 1 rings (SSSR count). The second-order valence-corrected chi connectivity index (χ2v) is 8.88. The van der Waals surface area contributed by atoms with Crippen molar-refractivity contribution in [3.63, 3.8) is 0 Å². The largest absolute Gasteiger partial charge is 0.480 e. The molecule has 0 saturated carbocycles. The van der Waals surface area contributed by atoms with Crippen molar-refractivity contribution in [3.05, 3.63) is 35.4 Å². The number of rotatable bonds is 22. The highest BCUT2D eigenvalue weighted by molar-refractivity contribution is 5.78. The Morgan fingerprint density at radius 1 is 0.634 bits per heavy atom. The lowest BCUT2D eigenvalue weighted by atomic mass is 10.1. The molecule has 0 spiro atoms. The van der Waals surface area contributed by atoms with E-state index in [1.165, 1.54) is 0 Å². The van der Waals surface area contributed by atoms with E-state index in [2.05, 4.69) is 10.8 Å². The van der Waals surface area contributed by atoms with Gasteiger partial charge < -0.3 is 31.5 Å². The number of carboxylic acid groups (broad SMARTS) is 4. The van der Waals surface area contributed by atoms with Crippen molar-refractivity contribution in [1.82, 2.24) is 25.5 Å². The van der Waals surface area contributed by atoms with E-state index in [1.807, 2.05) is 0 Å². The van der Waals surface area contributed by atoms with E-state index < -0.39 is 61.9 Å². The molecule has 0 bridgehead atoms. The monoisotopic (exact) mass is 584 g/mol. The van der Waals surface area contributed by atoms with E-state index in [4.69, 9.17) is 31.0 Å². The van der Waals surface area contributed by atoms with Crippen LogP contribution in [0.15, 0.2) is 24.3 Å². The van der Waals surface area contributed by atoms with Crippen LogP contribution in [0.5, 0.6) is 0 Å². The first-order valence-corrected chi connectivity index (χ1v) is 12.4. The van der Waals surface area contributed by atoms with Gasteiger partial charge in [-0.2, -0.15) is 0 Å². The smallest absolute Gasteiger partial charge is 0.317 e. The zero-order valence-electron chi connectivity index (χ0n) is 22.4. The lowest BCUT2D eigenvalue weighted by molar-refractivity contribution is -0.143. The number of aliphatic carboxylic acids is 4. The molecule has 0 aliphatic heterocycles. The standard InChI is InChI=1S/C24H36N6O11/c25-9-19(31)27-41-16-18-3-1-17(2-4-18)10-26-20(32)11-28(5-7-29(12-21(33)34)13-22(35)36)6-8-30(14-23(37)38)15-24(39)40/h1-4H,5-16,25H2,(H,26,32)(H,27,31)(H,33,34)(H,35,36)(H,37,38)(H,39,40). The highest BCUT2D eigenvalue weighted by Gasteiger charge is 2.19. The maximum Gasteiger partial charge on any atom is 0.317 e. The summed E-state index contributed by atoms with van der Waals surface area (Å²) in [6.07, 6.45) is 0. The van der Waals surface area contributed by atoms with Crippen LogP contribution >= 0.6 is 0 Å². The lowest BCUT2D eigenvalue weighted by Crippen LogP contribution is -2.47. The van der Waals surface area contributed by atoms with Gasteiger partial charge >= 0.3 is 23.9 Å². The van der Waals surface area contributed by atoms with Crippen LogP contribution in [0.25, 0.3) is 0 Å². The number of carboxylic acids is 4. The first kappa shape index (κ1) is 34.9. The van der Waals surface area contributed by atoms with Gasteiger partial charge in [-0.05, 0) is 11.1 Å². The Morgan fingerprint density at radius 2 is 1.05 bits per heavy atom. The molecule has 1 aromatic carbocycles. The number of nitrogens with one attached hydrogen (secondary N) is 2. The van der Waals surface area contributed by atoms with Crippen LogP contribution in [0.1, 0.15) is 11.1 Å². The summed E-state index contributed by atoms with van der Waals surface area (Å²) < 4.78 is 0. The van der Waals surface area contributed by atoms with Gasteiger partial charge in [0.15, 0.2) is 0 Å². The Bertz CT molecular complexity index is 965. The molecular weight excluding hydrogens is 548 g/mol. The summed E-state index contributed by atoms with van der Waals surface area (Å²) in [4.78, 5) is 77.1. The molecule has 0 aliphatic rings. The van der Waals surface area contributed by atoms with Crippen molar-refractivity contribution in [2.45, 2.75) is 13.2 Å². The van der Waals surface area contributed by atoms with E-state index >= 15 is 0 Å². The van der Waals surface area contributed by atoms with Crippen LogP contribution in [0.4, 0.5) is 0 Å². The Hall–Kier alpha value is -4.16. The van der Waals surface area contributed by atoms with E-state index in [1.54, 1.807) is 29.2 Å². The summed E-state index contributed by atoms with van der Waals surface area (Å²) in [7, 11) is 0. The number of hydrogen-bond donors (Lipinski definition) is 7. The molecule has 0 aromatic heterocycles. The molecule has 1 aromatic rings. The molecule has 0 aliphatic carbocycles. The molecule has 228 valence electrons. The average Bonchev–Trinajstić information content (AvgIpc) is 2.88. The highest BCUT2D eigenvalue weighted by atomic mass is 16.6. The fourth-order valence-corrected chi connectivity index (χ4v) is 3.48. The maximum absolute atomic E-state index is 12.7. The molecule has 8 N–H and O–H groups in total. The van der Waals surface area contributed by atoms with Crippen LogP contribution in [0.3, 0.4) is 0 Å². The van der Waals surface area contributed by atoms with Crippen LogP contribution in [0.2, 0.25) is 0 Å². The Morgan fingerprint density at radius 3 is 1.46 bits per heavy atom. The number of hydrogen-bond acceptors (Lipinski definition) is 11. The van der Waals surface area contributed by atoms with E-state index in [-0.39, 0.29) is 52.4 Å². The zero-order valence-corrected chi connectivity index (χ0v) is 22.4. The van der Waals surface area contributed by atoms with E-state index in [0.29, 0.717) is 0 Å². The third-order valence-electron chi connectivity index (χ3n) is 5.39. The van der Waals surface area contributed by atoms with Crippen LogP contribution < -0.4 is 16.5 Å². The molecule has 2 amide bonds. The van der Waals surface area contributed by atoms with Crippen LogP contribution in [-0.4, -0.2) is 136 Å². The van der Waals surface area contributed by atoms with Gasteiger partial charge in [0.05, 0.1) is 45.9 Å². The number of nitrogens with zero attached hydrogens (tertiary/aromatic N) is 3. The van der Waals surface area contributed by atoms with Gasteiger partial charge in [0, 0.05) is 32.7 Å². The predicted molar refractivity (Wildman–Crippen MR) is 140 cm³/mol. The van der Waals surface area contributed by atoms with Crippen LogP contribution in [-0.2, 0) is 46.8 Å². The van der Waals surface area contributed by atoms with Gasteiger partial charge in [-0.15, -0.1) is 0 Å². The van der Waals surface area contributed by atoms with Gasteiger partial charge in [0.25, 0.3) is 5.91 Å². The molecule has 0 saturated heterocycles. The zero-order chi connectivity index (χ0) is 30.8. The quantitative estimate of drug-likeness (QED) is 0.0673. The highest BCUT2D eigenvalue weighted by Crippen LogP contribution is 2.05. The summed E-state index contributed by atoms with van der Waals surface area (Å²) in [5.74, 6) is -5.82. The summed E-state index contributed by atoms with van der Waals surface area (Å²) >= 11 is 0. The molecule has 17 nitrogen and oxygen atoms in total. The SMILES string of the molecule is NCC(=O)NOCc1ccc(CNC(=O)CN(CCN(CC(=O)O)CC(=O)O)CCN(CC(=O)O)CC(=O)O)cc1. The van der Waals surface area contributed by atoms with Gasteiger partial charge in [-0.3, -0.25) is 48.3 Å². The number of amides is 2. The fraction of sp³-hybridized carbons (Fsp3) is 0.500. The Balaban J connectivity index is 2.78. The van der Waals surface area contributed by atoms with E-state index in [0.717, 1.165) is 20.9 Å². The summed E-state index contributed by atoms with van der Waals surface area (Å²) in [5.41, 5.74) is 8.85. The van der Waals surface area contributed by atoms with E-state index in [9.17, 15) is 28.8 Å². The minimum atomic E-state index is -1.23. The number of hydroxylamine groups is 1. The molecule has 0 fully saturated rings. The maximum atomic E-state index is 12.7. The first-order valence-electron chi connectivity index (χ1n) is 12.4. The summed E-state index contributed by atoms with van der Waals surface area (Å²) in [5, 5.41) is 39.0. The van der Waals surface area contributed by atoms with Crippen molar-refractivity contribution in [1.29, 1.82) is 0 Å². The third kappa shape index (κ3) is 17.2. The Labute approximate surface area is 235 Å². The molecule has 41 heavy (non-hydrogen) atoms. The first-order chi connectivity index (χ1) is 19.4. The van der Waals surface area contributed by atoms with Gasteiger partial charge in [-0.1, -0.05) is 24.3 Å². The summed E-state index contributed by atoms with van der Waals surface area (Å²) in [6, 6.07) is 6.96. The molecule has 0 heterocycles. The van der Waals surface area contributed by atoms with Crippen molar-refractivity contribution < 1.29 is 54.0 Å². The summed E-state index contributed by atoms with van der Waals surface area (Å²) in [6.45, 7) is -2.27. The van der Waals surface area contributed by atoms with Gasteiger partial charge in [-0.25, -0.2) is 5.48 Å². The van der Waals surface area contributed by atoms with Crippen LogP contribution in [0, 0.1) is 0 Å². The molecule has 0 unspecified atom stereocenters. The molecule has 0 atom stereocenters. The molecule has 17 heteroatoms. The van der Waals surface area contributed by atoms with Crippen molar-refractivity contribution >= 4 is 35.7 Å². The van der Waals surface area contributed by atoms with Gasteiger partial charge in [0.1, 0.15) is 0 Å². The van der Waals surface area contributed by atoms with Crippen molar-refractivity contribution in [2.75, 3.05) is 65.4 Å².